The molecule has 0 radical (unpaired) electrons. The molecule has 1 aliphatic rings. The summed E-state index contributed by atoms with van der Waals surface area (Å²) in [4.78, 5) is 38.3. The smallest absolute Gasteiger partial charge is 0.327 e. The van der Waals surface area contributed by atoms with Crippen LogP contribution in [0.2, 0.25) is 0 Å². The third-order valence-corrected chi connectivity index (χ3v) is 4.34. The normalized spacial score (nSPS) is 21.5. The summed E-state index contributed by atoms with van der Waals surface area (Å²) < 4.78 is 14.6. The number of nitrogens with zero attached hydrogens (tertiary/aromatic N) is 1. The molecule has 1 saturated heterocycles. The lowest BCUT2D eigenvalue weighted by molar-refractivity contribution is -0.160. The van der Waals surface area contributed by atoms with Crippen LogP contribution in [-0.2, 0) is 35.1 Å². The van der Waals surface area contributed by atoms with Crippen LogP contribution in [0.25, 0.3) is 0 Å². The lowest BCUT2D eigenvalue weighted by atomic mass is 9.93. The SMILES string of the molecule is CCOC(=O)C1(CC(C(=O)OC)C(=O)OC)CN1Cc1ccccc1. The number of methoxy groups -OCH3 is 2. The summed E-state index contributed by atoms with van der Waals surface area (Å²) in [7, 11) is 2.40. The summed E-state index contributed by atoms with van der Waals surface area (Å²) in [5.41, 5.74) is 0.0141. The Kier molecular flexibility index (Phi) is 6.14. The van der Waals surface area contributed by atoms with Crippen molar-refractivity contribution in [1.29, 1.82) is 0 Å². The maximum Gasteiger partial charge on any atom is 0.327 e. The van der Waals surface area contributed by atoms with Crippen LogP contribution in [0.4, 0.5) is 0 Å². The van der Waals surface area contributed by atoms with E-state index in [0.717, 1.165) is 5.56 Å². The number of carbonyl (C=O) groups excluding carboxylic acids is 3. The van der Waals surface area contributed by atoms with Crippen LogP contribution in [0.5, 0.6) is 0 Å². The molecule has 1 heterocycles. The zero-order valence-electron chi connectivity index (χ0n) is 14.7. The Morgan fingerprint density at radius 2 is 1.72 bits per heavy atom. The van der Waals surface area contributed by atoms with E-state index >= 15 is 0 Å². The average Bonchev–Trinajstić information content (AvgIpc) is 3.33. The number of ether oxygens (including phenoxy) is 3. The Balaban J connectivity index is 2.20. The van der Waals surface area contributed by atoms with Crippen molar-refractivity contribution >= 4 is 17.9 Å². The van der Waals surface area contributed by atoms with Gasteiger partial charge < -0.3 is 14.2 Å². The Hall–Kier alpha value is -2.41. The largest absolute Gasteiger partial charge is 0.468 e. The summed E-state index contributed by atoms with van der Waals surface area (Å²) in [5, 5.41) is 0. The zero-order chi connectivity index (χ0) is 18.4. The molecule has 1 fully saturated rings. The van der Waals surface area contributed by atoms with Gasteiger partial charge in [0.1, 0.15) is 5.54 Å². The monoisotopic (exact) mass is 349 g/mol. The second-order valence-electron chi connectivity index (χ2n) is 5.90. The molecule has 1 aromatic rings. The molecule has 136 valence electrons. The summed E-state index contributed by atoms with van der Waals surface area (Å²) in [5.74, 6) is -3.05. The summed E-state index contributed by atoms with van der Waals surface area (Å²) in [6.45, 7) is 2.87. The standard InChI is InChI=1S/C18H23NO6/c1-4-25-17(22)18(10-14(15(20)23-2)16(21)24-3)12-19(18)11-13-8-6-5-7-9-13/h5-9,14H,4,10-12H2,1-3H3. The van der Waals surface area contributed by atoms with Gasteiger partial charge in [-0.3, -0.25) is 14.5 Å². The van der Waals surface area contributed by atoms with Gasteiger partial charge in [-0.25, -0.2) is 4.79 Å². The van der Waals surface area contributed by atoms with Gasteiger partial charge in [0, 0.05) is 19.5 Å². The van der Waals surface area contributed by atoms with E-state index in [1.807, 2.05) is 35.2 Å². The summed E-state index contributed by atoms with van der Waals surface area (Å²) in [6.07, 6.45) is -0.0297. The minimum absolute atomic E-state index is 0.0297. The number of esters is 3. The molecule has 1 aliphatic heterocycles. The first-order valence-corrected chi connectivity index (χ1v) is 8.10. The van der Waals surface area contributed by atoms with Gasteiger partial charge in [-0.1, -0.05) is 30.3 Å². The average molecular weight is 349 g/mol. The Morgan fingerprint density at radius 1 is 1.12 bits per heavy atom. The molecule has 0 saturated carbocycles. The van der Waals surface area contributed by atoms with E-state index in [1.165, 1.54) is 14.2 Å². The van der Waals surface area contributed by atoms with Gasteiger partial charge in [0.25, 0.3) is 0 Å². The van der Waals surface area contributed by atoms with Gasteiger partial charge in [-0.05, 0) is 12.5 Å². The molecule has 0 N–H and O–H groups in total. The quantitative estimate of drug-likeness (QED) is 0.301. The summed E-state index contributed by atoms with van der Waals surface area (Å²) >= 11 is 0. The first-order chi connectivity index (χ1) is 12.0. The van der Waals surface area contributed by atoms with Gasteiger partial charge in [0.05, 0.1) is 20.8 Å². The van der Waals surface area contributed by atoms with Crippen LogP contribution in [0.3, 0.4) is 0 Å². The van der Waals surface area contributed by atoms with Gasteiger partial charge in [-0.15, -0.1) is 0 Å². The number of hydrogen-bond donors (Lipinski definition) is 0. The van der Waals surface area contributed by atoms with E-state index in [1.54, 1.807) is 6.92 Å². The minimum Gasteiger partial charge on any atom is -0.468 e. The van der Waals surface area contributed by atoms with Crippen LogP contribution in [0.15, 0.2) is 30.3 Å². The first kappa shape index (κ1) is 18.9. The number of carbonyl (C=O) groups is 3. The van der Waals surface area contributed by atoms with Crippen LogP contribution < -0.4 is 0 Å². The molecule has 2 rings (SSSR count). The molecular weight excluding hydrogens is 326 g/mol. The van der Waals surface area contributed by atoms with Crippen LogP contribution >= 0.6 is 0 Å². The Labute approximate surface area is 146 Å². The predicted molar refractivity (Wildman–Crippen MR) is 88.4 cm³/mol. The van der Waals surface area contributed by atoms with Crippen molar-refractivity contribution in [3.05, 3.63) is 35.9 Å². The van der Waals surface area contributed by atoms with Crippen molar-refractivity contribution in [1.82, 2.24) is 4.90 Å². The van der Waals surface area contributed by atoms with Crippen LogP contribution in [0, 0.1) is 5.92 Å². The second-order valence-corrected chi connectivity index (χ2v) is 5.90. The molecule has 0 aromatic heterocycles. The fourth-order valence-electron chi connectivity index (χ4n) is 2.91. The highest BCUT2D eigenvalue weighted by Crippen LogP contribution is 2.41. The van der Waals surface area contributed by atoms with Crippen molar-refractivity contribution in [3.63, 3.8) is 0 Å². The maximum atomic E-state index is 12.5. The fraction of sp³-hybridized carbons (Fsp3) is 0.500. The predicted octanol–water partition coefficient (Wildman–Crippen LogP) is 1.16. The van der Waals surface area contributed by atoms with Gasteiger partial charge in [0.2, 0.25) is 0 Å². The zero-order valence-corrected chi connectivity index (χ0v) is 14.7. The maximum absolute atomic E-state index is 12.5. The Bertz CT molecular complexity index is 616. The molecule has 2 atom stereocenters. The third kappa shape index (κ3) is 4.17. The van der Waals surface area contributed by atoms with E-state index in [-0.39, 0.29) is 13.0 Å². The van der Waals surface area contributed by atoms with Gasteiger partial charge in [0.15, 0.2) is 5.92 Å². The molecule has 0 aliphatic carbocycles. The van der Waals surface area contributed by atoms with E-state index in [0.29, 0.717) is 13.1 Å². The molecule has 25 heavy (non-hydrogen) atoms. The number of hydrogen-bond acceptors (Lipinski definition) is 7. The van der Waals surface area contributed by atoms with E-state index in [9.17, 15) is 14.4 Å². The lowest BCUT2D eigenvalue weighted by Crippen LogP contribution is -2.39. The highest BCUT2D eigenvalue weighted by Gasteiger charge is 2.61. The van der Waals surface area contributed by atoms with E-state index < -0.39 is 29.4 Å². The van der Waals surface area contributed by atoms with E-state index in [2.05, 4.69) is 0 Å². The molecule has 7 heteroatoms. The molecule has 0 amide bonds. The van der Waals surface area contributed by atoms with Gasteiger partial charge >= 0.3 is 17.9 Å². The Morgan fingerprint density at radius 3 is 2.24 bits per heavy atom. The number of benzene rings is 1. The third-order valence-electron chi connectivity index (χ3n) is 4.34. The van der Waals surface area contributed by atoms with Crippen molar-refractivity contribution < 1.29 is 28.6 Å². The first-order valence-electron chi connectivity index (χ1n) is 8.10. The molecule has 7 nitrogen and oxygen atoms in total. The topological polar surface area (TPSA) is 81.9 Å². The van der Waals surface area contributed by atoms with Crippen molar-refractivity contribution in [2.24, 2.45) is 5.92 Å². The minimum atomic E-state index is -1.17. The molecular formula is C18H23NO6. The van der Waals surface area contributed by atoms with Gasteiger partial charge in [-0.2, -0.15) is 0 Å². The van der Waals surface area contributed by atoms with Crippen LogP contribution in [-0.4, -0.2) is 55.7 Å². The molecule has 0 spiro atoms. The second kappa shape index (κ2) is 8.11. The fourth-order valence-corrected chi connectivity index (χ4v) is 2.91. The number of rotatable bonds is 8. The van der Waals surface area contributed by atoms with Crippen LogP contribution in [0.1, 0.15) is 18.9 Å². The van der Waals surface area contributed by atoms with E-state index in [4.69, 9.17) is 14.2 Å². The van der Waals surface area contributed by atoms with Crippen molar-refractivity contribution in [2.75, 3.05) is 27.4 Å². The van der Waals surface area contributed by atoms with Crippen molar-refractivity contribution in [3.8, 4) is 0 Å². The molecule has 2 unspecified atom stereocenters. The molecule has 0 bridgehead atoms. The molecule has 1 aromatic carbocycles. The highest BCUT2D eigenvalue weighted by molar-refractivity contribution is 5.96. The van der Waals surface area contributed by atoms with Crippen molar-refractivity contribution in [2.45, 2.75) is 25.4 Å². The summed E-state index contributed by atoms with van der Waals surface area (Å²) in [6, 6.07) is 9.64. The highest BCUT2D eigenvalue weighted by atomic mass is 16.5. The lowest BCUT2D eigenvalue weighted by Gasteiger charge is -2.20.